The molecule has 2 heterocycles. The third-order valence-corrected chi connectivity index (χ3v) is 7.13. The summed E-state index contributed by atoms with van der Waals surface area (Å²) in [5.74, 6) is 0.386. The lowest BCUT2D eigenvalue weighted by molar-refractivity contribution is 0.0340. The van der Waals surface area contributed by atoms with Crippen LogP contribution in [-0.4, -0.2) is 41.0 Å². The van der Waals surface area contributed by atoms with Crippen LogP contribution in [0.25, 0.3) is 21.5 Å². The molecular formula is C27H29N3O. The molecule has 0 radical (unpaired) electrons. The van der Waals surface area contributed by atoms with Crippen molar-refractivity contribution in [1.82, 2.24) is 14.7 Å². The van der Waals surface area contributed by atoms with Crippen molar-refractivity contribution in [2.45, 2.75) is 31.7 Å². The van der Waals surface area contributed by atoms with Crippen LogP contribution in [0.2, 0.25) is 0 Å². The fraction of sp³-hybridized carbons (Fsp3) is 0.370. The molecule has 31 heavy (non-hydrogen) atoms. The molecule has 0 amide bonds. The third kappa shape index (κ3) is 3.35. The lowest BCUT2D eigenvalue weighted by Gasteiger charge is -2.29. The van der Waals surface area contributed by atoms with Crippen molar-refractivity contribution in [2.24, 2.45) is 7.05 Å². The van der Waals surface area contributed by atoms with E-state index in [0.717, 1.165) is 39.3 Å². The summed E-state index contributed by atoms with van der Waals surface area (Å²) < 4.78 is 7.55. The maximum atomic E-state index is 5.54. The van der Waals surface area contributed by atoms with E-state index in [1.54, 1.807) is 0 Å². The Balaban J connectivity index is 1.44. The molecule has 1 saturated heterocycles. The molecule has 3 aromatic carbocycles. The lowest BCUT2D eigenvalue weighted by atomic mass is 9.78. The first-order chi connectivity index (χ1) is 15.3. The van der Waals surface area contributed by atoms with Gasteiger partial charge in [-0.3, -0.25) is 9.58 Å². The molecule has 158 valence electrons. The number of aryl methyl sites for hydroxylation is 2. The zero-order valence-electron chi connectivity index (χ0n) is 18.2. The van der Waals surface area contributed by atoms with Crippen molar-refractivity contribution in [3.05, 3.63) is 77.1 Å². The molecule has 1 unspecified atom stereocenters. The Hall–Kier alpha value is -2.69. The van der Waals surface area contributed by atoms with E-state index in [-0.39, 0.29) is 0 Å². The predicted molar refractivity (Wildman–Crippen MR) is 126 cm³/mol. The molecule has 1 aliphatic carbocycles. The Bertz CT molecular complexity index is 1250. The normalized spacial score (nSPS) is 19.7. The van der Waals surface area contributed by atoms with Crippen LogP contribution in [0.15, 0.2) is 54.7 Å². The summed E-state index contributed by atoms with van der Waals surface area (Å²) in [6, 6.07) is 18.1. The van der Waals surface area contributed by atoms with E-state index in [1.165, 1.54) is 56.8 Å². The van der Waals surface area contributed by atoms with E-state index in [1.807, 2.05) is 4.68 Å². The Labute approximate surface area is 183 Å². The van der Waals surface area contributed by atoms with Crippen LogP contribution in [-0.2, 0) is 24.8 Å². The Morgan fingerprint density at radius 3 is 2.71 bits per heavy atom. The number of aromatic nitrogens is 2. The second kappa shape index (κ2) is 7.77. The average Bonchev–Trinajstić information content (AvgIpc) is 3.18. The minimum atomic E-state index is 0.386. The van der Waals surface area contributed by atoms with Gasteiger partial charge < -0.3 is 4.74 Å². The van der Waals surface area contributed by atoms with Crippen LogP contribution in [0.4, 0.5) is 0 Å². The first-order valence-electron chi connectivity index (χ1n) is 11.5. The lowest BCUT2D eigenvalue weighted by Crippen LogP contribution is -2.35. The minimum absolute atomic E-state index is 0.386. The first-order valence-corrected chi connectivity index (χ1v) is 11.5. The average molecular weight is 412 g/mol. The monoisotopic (exact) mass is 411 g/mol. The summed E-state index contributed by atoms with van der Waals surface area (Å²) in [6.45, 7) is 4.65. The van der Waals surface area contributed by atoms with Crippen molar-refractivity contribution < 1.29 is 4.74 Å². The molecule has 1 atom stereocenters. The molecule has 0 bridgehead atoms. The van der Waals surface area contributed by atoms with Gasteiger partial charge in [0.1, 0.15) is 0 Å². The molecule has 0 N–H and O–H groups in total. The molecule has 6 rings (SSSR count). The van der Waals surface area contributed by atoms with Crippen molar-refractivity contribution in [3.63, 3.8) is 0 Å². The summed E-state index contributed by atoms with van der Waals surface area (Å²) in [4.78, 5) is 2.50. The molecule has 2 aliphatic rings. The van der Waals surface area contributed by atoms with Gasteiger partial charge in [-0.05, 0) is 51.9 Å². The second-order valence-electron chi connectivity index (χ2n) is 9.06. The summed E-state index contributed by atoms with van der Waals surface area (Å²) in [7, 11) is 2.06. The number of benzene rings is 3. The molecule has 1 fully saturated rings. The molecule has 1 aliphatic heterocycles. The fourth-order valence-electron chi connectivity index (χ4n) is 5.67. The van der Waals surface area contributed by atoms with Gasteiger partial charge in [-0.1, -0.05) is 48.5 Å². The van der Waals surface area contributed by atoms with E-state index < -0.39 is 0 Å². The number of ether oxygens (including phenoxy) is 1. The number of rotatable bonds is 3. The minimum Gasteiger partial charge on any atom is -0.379 e. The largest absolute Gasteiger partial charge is 0.379 e. The highest BCUT2D eigenvalue weighted by molar-refractivity contribution is 6.08. The number of nitrogens with zero attached hydrogens (tertiary/aromatic N) is 3. The van der Waals surface area contributed by atoms with Crippen LogP contribution in [0, 0.1) is 0 Å². The van der Waals surface area contributed by atoms with Crippen LogP contribution in [0.1, 0.15) is 41.1 Å². The van der Waals surface area contributed by atoms with E-state index in [0.29, 0.717) is 5.92 Å². The van der Waals surface area contributed by atoms with Gasteiger partial charge in [-0.15, -0.1) is 0 Å². The maximum absolute atomic E-state index is 5.54. The van der Waals surface area contributed by atoms with Crippen molar-refractivity contribution in [3.8, 4) is 0 Å². The molecule has 4 nitrogen and oxygen atoms in total. The Morgan fingerprint density at radius 2 is 1.81 bits per heavy atom. The van der Waals surface area contributed by atoms with Gasteiger partial charge in [0.25, 0.3) is 0 Å². The van der Waals surface area contributed by atoms with Crippen LogP contribution < -0.4 is 0 Å². The van der Waals surface area contributed by atoms with Crippen LogP contribution in [0.5, 0.6) is 0 Å². The van der Waals surface area contributed by atoms with Gasteiger partial charge in [0.05, 0.1) is 18.9 Å². The van der Waals surface area contributed by atoms with Crippen LogP contribution in [0.3, 0.4) is 0 Å². The molecule has 4 heteroatoms. The smallest absolute Gasteiger partial charge is 0.0744 e. The zero-order valence-corrected chi connectivity index (χ0v) is 18.2. The zero-order chi connectivity index (χ0) is 20.8. The summed E-state index contributed by atoms with van der Waals surface area (Å²) in [5.41, 5.74) is 5.66. The highest BCUT2D eigenvalue weighted by atomic mass is 16.5. The Morgan fingerprint density at radius 1 is 0.968 bits per heavy atom. The maximum Gasteiger partial charge on any atom is 0.0744 e. The SMILES string of the molecule is Cn1cc(CN2CCOCC2)c(C2CCCc3c2ccc2c3ccc3ccccc32)n1. The van der Waals surface area contributed by atoms with E-state index in [9.17, 15) is 0 Å². The van der Waals surface area contributed by atoms with Crippen molar-refractivity contribution >= 4 is 21.5 Å². The number of hydrogen-bond acceptors (Lipinski definition) is 3. The molecular weight excluding hydrogens is 382 g/mol. The van der Waals surface area contributed by atoms with Gasteiger partial charge in [-0.25, -0.2) is 0 Å². The summed E-state index contributed by atoms with van der Waals surface area (Å²) in [5, 5.41) is 10.5. The number of hydrogen-bond donors (Lipinski definition) is 0. The standard InChI is InChI=1S/C27H29N3O/c1-29-17-20(18-30-13-15-31-16-14-30)27(28-29)26-8-4-7-22-24-10-9-19-5-2-3-6-21(19)23(24)11-12-25(22)26/h2-3,5-6,9-12,17,26H,4,7-8,13-16,18H2,1H3. The van der Waals surface area contributed by atoms with Crippen molar-refractivity contribution in [2.75, 3.05) is 26.3 Å². The molecule has 4 aromatic rings. The highest BCUT2D eigenvalue weighted by Crippen LogP contribution is 2.41. The highest BCUT2D eigenvalue weighted by Gasteiger charge is 2.28. The van der Waals surface area contributed by atoms with Gasteiger partial charge in [0.15, 0.2) is 0 Å². The van der Waals surface area contributed by atoms with Crippen molar-refractivity contribution in [1.29, 1.82) is 0 Å². The molecule has 0 saturated carbocycles. The van der Waals surface area contributed by atoms with Gasteiger partial charge >= 0.3 is 0 Å². The van der Waals surface area contributed by atoms with Crippen LogP contribution >= 0.6 is 0 Å². The van der Waals surface area contributed by atoms with E-state index in [2.05, 4.69) is 66.7 Å². The van der Waals surface area contributed by atoms with E-state index in [4.69, 9.17) is 9.84 Å². The first kappa shape index (κ1) is 19.0. The summed E-state index contributed by atoms with van der Waals surface area (Å²) in [6.07, 6.45) is 5.79. The van der Waals surface area contributed by atoms with Gasteiger partial charge in [-0.2, -0.15) is 5.10 Å². The summed E-state index contributed by atoms with van der Waals surface area (Å²) >= 11 is 0. The molecule has 1 aromatic heterocycles. The quantitative estimate of drug-likeness (QED) is 0.443. The van der Waals surface area contributed by atoms with Gasteiger partial charge in [0.2, 0.25) is 0 Å². The van der Waals surface area contributed by atoms with E-state index >= 15 is 0 Å². The second-order valence-corrected chi connectivity index (χ2v) is 9.06. The number of morpholine rings is 1. The number of fused-ring (bicyclic) bond motifs is 5. The third-order valence-electron chi connectivity index (χ3n) is 7.13. The molecule has 0 spiro atoms. The fourth-order valence-corrected chi connectivity index (χ4v) is 5.67. The Kier molecular flexibility index (Phi) is 4.77. The predicted octanol–water partition coefficient (Wildman–Crippen LogP) is 5.03. The topological polar surface area (TPSA) is 30.3 Å². The van der Waals surface area contributed by atoms with Gasteiger partial charge in [0, 0.05) is 44.4 Å².